The van der Waals surface area contributed by atoms with Crippen LogP contribution < -0.4 is 4.74 Å². The van der Waals surface area contributed by atoms with Crippen LogP contribution in [0.2, 0.25) is 0 Å². The summed E-state index contributed by atoms with van der Waals surface area (Å²) in [6.45, 7) is 3.71. The molecule has 0 aliphatic heterocycles. The number of phenols is 1. The highest BCUT2D eigenvalue weighted by Crippen LogP contribution is 2.18. The summed E-state index contributed by atoms with van der Waals surface area (Å²) in [7, 11) is 0. The van der Waals surface area contributed by atoms with Crippen LogP contribution in [0.3, 0.4) is 0 Å². The molecule has 3 aromatic carbocycles. The Labute approximate surface area is 184 Å². The van der Waals surface area contributed by atoms with Crippen LogP contribution in [-0.2, 0) is 32.4 Å². The molecule has 0 saturated heterocycles. The number of nitrogens with zero attached hydrogens (tertiary/aromatic N) is 1. The average Bonchev–Trinajstić information content (AvgIpc) is 3.16. The Kier molecular flexibility index (Phi) is 6.73. The van der Waals surface area contributed by atoms with E-state index in [4.69, 9.17) is 4.74 Å². The summed E-state index contributed by atoms with van der Waals surface area (Å²) in [5.74, 6) is 1.22. The fourth-order valence-corrected chi connectivity index (χ4v) is 3.83. The van der Waals surface area contributed by atoms with Gasteiger partial charge in [0.15, 0.2) is 0 Å². The van der Waals surface area contributed by atoms with Gasteiger partial charge in [-0.3, -0.25) is 0 Å². The zero-order chi connectivity index (χ0) is 21.5. The standard InChI is InChI=1S/C28H29NO2/c1-22-7-13-26(29(22)20-19-24-9-15-27(30)16-10-24)14-8-23-11-17-28(18-12-23)31-21-25-5-3-2-4-6-25/h2-7,9-13,15-18,30H,8,14,19-21H2,1H3. The van der Waals surface area contributed by atoms with Crippen LogP contribution in [0.15, 0.2) is 91.0 Å². The molecule has 1 N–H and O–H groups in total. The zero-order valence-electron chi connectivity index (χ0n) is 18.0. The van der Waals surface area contributed by atoms with E-state index in [0.717, 1.165) is 31.6 Å². The molecule has 4 aromatic rings. The molecular weight excluding hydrogens is 382 g/mol. The lowest BCUT2D eigenvalue weighted by atomic mass is 10.1. The van der Waals surface area contributed by atoms with Gasteiger partial charge in [-0.05, 0) is 79.3 Å². The molecular formula is C28H29NO2. The second-order valence-corrected chi connectivity index (χ2v) is 7.95. The summed E-state index contributed by atoms with van der Waals surface area (Å²) < 4.78 is 8.30. The minimum atomic E-state index is 0.318. The van der Waals surface area contributed by atoms with E-state index in [-0.39, 0.29) is 0 Å². The Balaban J connectivity index is 1.31. The Morgan fingerprint density at radius 2 is 1.35 bits per heavy atom. The highest BCUT2D eigenvalue weighted by molar-refractivity contribution is 5.29. The van der Waals surface area contributed by atoms with Gasteiger partial charge in [-0.25, -0.2) is 0 Å². The number of ether oxygens (including phenoxy) is 1. The summed E-state index contributed by atoms with van der Waals surface area (Å²) in [5, 5.41) is 9.46. The molecule has 0 aliphatic rings. The smallest absolute Gasteiger partial charge is 0.119 e. The minimum absolute atomic E-state index is 0.318. The molecule has 0 spiro atoms. The predicted molar refractivity (Wildman–Crippen MR) is 126 cm³/mol. The van der Waals surface area contributed by atoms with Gasteiger partial charge in [0.05, 0.1) is 0 Å². The lowest BCUT2D eigenvalue weighted by Gasteiger charge is -2.12. The molecule has 31 heavy (non-hydrogen) atoms. The van der Waals surface area contributed by atoms with E-state index in [1.54, 1.807) is 12.1 Å². The molecule has 0 atom stereocenters. The summed E-state index contributed by atoms with van der Waals surface area (Å²) in [5.41, 5.74) is 6.38. The first kappa shape index (κ1) is 20.8. The maximum atomic E-state index is 9.46. The number of aromatic nitrogens is 1. The highest BCUT2D eigenvalue weighted by atomic mass is 16.5. The SMILES string of the molecule is Cc1ccc(CCc2ccc(OCc3ccccc3)cc2)n1CCc1ccc(O)cc1. The zero-order valence-corrected chi connectivity index (χ0v) is 18.0. The quantitative estimate of drug-likeness (QED) is 0.361. The molecule has 3 nitrogen and oxygen atoms in total. The van der Waals surface area contributed by atoms with E-state index in [1.807, 2.05) is 30.3 Å². The van der Waals surface area contributed by atoms with E-state index in [1.165, 1.54) is 28.1 Å². The second kappa shape index (κ2) is 10.0. The predicted octanol–water partition coefficient (Wildman–Crippen LogP) is 6.11. The van der Waals surface area contributed by atoms with Crippen LogP contribution in [0.4, 0.5) is 0 Å². The molecule has 0 unspecified atom stereocenters. The summed E-state index contributed by atoms with van der Waals surface area (Å²) in [4.78, 5) is 0. The van der Waals surface area contributed by atoms with Gasteiger partial charge in [-0.2, -0.15) is 0 Å². The first-order valence-corrected chi connectivity index (χ1v) is 10.9. The molecule has 0 bridgehead atoms. The molecule has 4 rings (SSSR count). The molecule has 1 aromatic heterocycles. The minimum Gasteiger partial charge on any atom is -0.508 e. The van der Waals surface area contributed by atoms with Crippen molar-refractivity contribution in [2.75, 3.05) is 0 Å². The number of hydrogen-bond acceptors (Lipinski definition) is 2. The van der Waals surface area contributed by atoms with Crippen LogP contribution in [0.25, 0.3) is 0 Å². The van der Waals surface area contributed by atoms with Gasteiger partial charge in [0.2, 0.25) is 0 Å². The number of aromatic hydroxyl groups is 1. The second-order valence-electron chi connectivity index (χ2n) is 7.95. The lowest BCUT2D eigenvalue weighted by Crippen LogP contribution is -2.08. The number of benzene rings is 3. The van der Waals surface area contributed by atoms with E-state index in [9.17, 15) is 5.11 Å². The van der Waals surface area contributed by atoms with Gasteiger partial charge in [0.25, 0.3) is 0 Å². The van der Waals surface area contributed by atoms with Crippen molar-refractivity contribution in [2.24, 2.45) is 0 Å². The molecule has 1 heterocycles. The Morgan fingerprint density at radius 3 is 2.10 bits per heavy atom. The van der Waals surface area contributed by atoms with Crippen molar-refractivity contribution >= 4 is 0 Å². The third-order valence-electron chi connectivity index (χ3n) is 5.69. The van der Waals surface area contributed by atoms with Gasteiger partial charge >= 0.3 is 0 Å². The van der Waals surface area contributed by atoms with Gasteiger partial charge in [0.1, 0.15) is 18.1 Å². The van der Waals surface area contributed by atoms with Crippen LogP contribution >= 0.6 is 0 Å². The maximum Gasteiger partial charge on any atom is 0.119 e. The van der Waals surface area contributed by atoms with Gasteiger partial charge in [0, 0.05) is 17.9 Å². The van der Waals surface area contributed by atoms with Crippen molar-refractivity contribution in [3.63, 3.8) is 0 Å². The lowest BCUT2D eigenvalue weighted by molar-refractivity contribution is 0.306. The van der Waals surface area contributed by atoms with Gasteiger partial charge in [-0.1, -0.05) is 54.6 Å². The third-order valence-corrected chi connectivity index (χ3v) is 5.69. The molecule has 3 heteroatoms. The first-order chi connectivity index (χ1) is 15.2. The maximum absolute atomic E-state index is 9.46. The fraction of sp³-hybridized carbons (Fsp3) is 0.214. The van der Waals surface area contributed by atoms with E-state index < -0.39 is 0 Å². The monoisotopic (exact) mass is 411 g/mol. The highest BCUT2D eigenvalue weighted by Gasteiger charge is 2.07. The normalized spacial score (nSPS) is 10.9. The van der Waals surface area contributed by atoms with E-state index >= 15 is 0 Å². The molecule has 0 aliphatic carbocycles. The largest absolute Gasteiger partial charge is 0.508 e. The van der Waals surface area contributed by atoms with Crippen LogP contribution in [0, 0.1) is 6.92 Å². The summed E-state index contributed by atoms with van der Waals surface area (Å²) >= 11 is 0. The number of aryl methyl sites for hydroxylation is 4. The van der Waals surface area contributed by atoms with Crippen LogP contribution in [-0.4, -0.2) is 9.67 Å². The molecule has 0 amide bonds. The van der Waals surface area contributed by atoms with E-state index in [0.29, 0.717) is 12.4 Å². The number of phenolic OH excluding ortho intramolecular Hbond substituents is 1. The van der Waals surface area contributed by atoms with Gasteiger partial charge in [-0.15, -0.1) is 0 Å². The number of rotatable bonds is 9. The van der Waals surface area contributed by atoms with Crippen LogP contribution in [0.1, 0.15) is 28.1 Å². The molecule has 0 fully saturated rings. The van der Waals surface area contributed by atoms with Crippen LogP contribution in [0.5, 0.6) is 11.5 Å². The Bertz CT molecular complexity index is 1080. The fourth-order valence-electron chi connectivity index (χ4n) is 3.83. The Hall–Kier alpha value is -3.46. The van der Waals surface area contributed by atoms with Crippen molar-refractivity contribution in [3.8, 4) is 11.5 Å². The molecule has 0 radical (unpaired) electrons. The Morgan fingerprint density at radius 1 is 0.677 bits per heavy atom. The topological polar surface area (TPSA) is 34.4 Å². The van der Waals surface area contributed by atoms with Crippen molar-refractivity contribution in [3.05, 3.63) is 119 Å². The van der Waals surface area contributed by atoms with Crippen molar-refractivity contribution in [1.29, 1.82) is 0 Å². The van der Waals surface area contributed by atoms with Crippen molar-refractivity contribution in [1.82, 2.24) is 4.57 Å². The van der Waals surface area contributed by atoms with Crippen molar-refractivity contribution in [2.45, 2.75) is 39.3 Å². The van der Waals surface area contributed by atoms with E-state index in [2.05, 4.69) is 60.0 Å². The third kappa shape index (κ3) is 5.79. The summed E-state index contributed by atoms with van der Waals surface area (Å²) in [6.07, 6.45) is 2.96. The van der Waals surface area contributed by atoms with Gasteiger partial charge < -0.3 is 14.4 Å². The van der Waals surface area contributed by atoms with Crippen molar-refractivity contribution < 1.29 is 9.84 Å². The number of hydrogen-bond donors (Lipinski definition) is 1. The first-order valence-electron chi connectivity index (χ1n) is 10.9. The summed E-state index contributed by atoms with van der Waals surface area (Å²) in [6, 6.07) is 30.6. The molecule has 158 valence electrons. The average molecular weight is 412 g/mol. The molecule has 0 saturated carbocycles.